The third-order valence-electron chi connectivity index (χ3n) is 5.55. The van der Waals surface area contributed by atoms with Gasteiger partial charge >= 0.3 is 6.18 Å². The molecule has 0 amide bonds. The summed E-state index contributed by atoms with van der Waals surface area (Å²) in [5.41, 5.74) is 3.85. The molecule has 4 aromatic rings. The predicted octanol–water partition coefficient (Wildman–Crippen LogP) is 5.32. The number of nitrogens with zero attached hydrogens (tertiary/aromatic N) is 3. The Balaban J connectivity index is 1.98. The molecule has 0 spiro atoms. The van der Waals surface area contributed by atoms with Crippen molar-refractivity contribution < 1.29 is 13.2 Å². The smallest absolute Gasteiger partial charge is 0.212 e. The quantitative estimate of drug-likeness (QED) is 0.461. The summed E-state index contributed by atoms with van der Waals surface area (Å²) in [7, 11) is 0. The van der Waals surface area contributed by atoms with Gasteiger partial charge < -0.3 is 0 Å². The molecule has 0 unspecified atom stereocenters. The molecule has 29 heavy (non-hydrogen) atoms. The highest BCUT2D eigenvalue weighted by atomic mass is 19.4. The fourth-order valence-electron chi connectivity index (χ4n) is 4.24. The second-order valence-electron chi connectivity index (χ2n) is 7.35. The Morgan fingerprint density at radius 3 is 2.52 bits per heavy atom. The van der Waals surface area contributed by atoms with E-state index in [1.807, 2.05) is 30.3 Å². The molecule has 0 bridgehead atoms. The van der Waals surface area contributed by atoms with Crippen LogP contribution >= 0.6 is 0 Å². The first-order chi connectivity index (χ1) is 14.0. The second-order valence-corrected chi connectivity index (χ2v) is 7.35. The third-order valence-corrected chi connectivity index (χ3v) is 5.55. The van der Waals surface area contributed by atoms with Crippen LogP contribution in [0.5, 0.6) is 0 Å². The molecule has 2 aromatic carbocycles. The molecule has 5 rings (SSSR count). The maximum atomic E-state index is 13.5. The summed E-state index contributed by atoms with van der Waals surface area (Å²) in [4.78, 5) is 0. The Morgan fingerprint density at radius 2 is 1.79 bits per heavy atom. The van der Waals surface area contributed by atoms with E-state index < -0.39 is 11.7 Å². The molecule has 2 heterocycles. The SMILES string of the molecule is FC(F)(F)c1ccc2c(c1)/c(=C(\C1=CCCCC1)c1ccccc1)c1cnnn12. The van der Waals surface area contributed by atoms with Gasteiger partial charge in [0, 0.05) is 10.6 Å². The highest BCUT2D eigenvalue weighted by Crippen LogP contribution is 2.33. The minimum Gasteiger partial charge on any atom is -0.212 e. The molecule has 1 aliphatic carbocycles. The summed E-state index contributed by atoms with van der Waals surface area (Å²) in [5, 5.41) is 9.48. The van der Waals surface area contributed by atoms with E-state index in [4.69, 9.17) is 0 Å². The van der Waals surface area contributed by atoms with Gasteiger partial charge in [0.1, 0.15) is 0 Å². The maximum absolute atomic E-state index is 13.5. The summed E-state index contributed by atoms with van der Waals surface area (Å²) in [5.74, 6) is 0. The Morgan fingerprint density at radius 1 is 0.966 bits per heavy atom. The number of alkyl halides is 3. The van der Waals surface area contributed by atoms with Crippen molar-refractivity contribution in [2.24, 2.45) is 0 Å². The van der Waals surface area contributed by atoms with Gasteiger partial charge in [-0.3, -0.25) is 0 Å². The lowest BCUT2D eigenvalue weighted by Crippen LogP contribution is -2.12. The van der Waals surface area contributed by atoms with Gasteiger partial charge in [0.25, 0.3) is 0 Å². The summed E-state index contributed by atoms with van der Waals surface area (Å²) in [6.45, 7) is 0. The normalized spacial score (nSPS) is 16.3. The maximum Gasteiger partial charge on any atom is 0.416 e. The zero-order chi connectivity index (χ0) is 20.0. The van der Waals surface area contributed by atoms with Gasteiger partial charge in [0.2, 0.25) is 0 Å². The lowest BCUT2D eigenvalue weighted by Gasteiger charge is -2.17. The third kappa shape index (κ3) is 2.99. The molecule has 1 aliphatic rings. The van der Waals surface area contributed by atoms with Crippen molar-refractivity contribution in [1.29, 1.82) is 0 Å². The molecule has 0 N–H and O–H groups in total. The van der Waals surface area contributed by atoms with Crippen molar-refractivity contribution >= 4 is 22.0 Å². The van der Waals surface area contributed by atoms with Gasteiger partial charge in [-0.1, -0.05) is 41.6 Å². The fraction of sp³-hybridized carbons (Fsp3) is 0.217. The van der Waals surface area contributed by atoms with Gasteiger partial charge in [-0.15, -0.1) is 5.10 Å². The molecule has 0 saturated carbocycles. The molecule has 2 aromatic heterocycles. The van der Waals surface area contributed by atoms with Crippen molar-refractivity contribution in [3.63, 3.8) is 0 Å². The number of hydrogen-bond donors (Lipinski definition) is 0. The van der Waals surface area contributed by atoms with E-state index in [-0.39, 0.29) is 0 Å². The highest BCUT2D eigenvalue weighted by Gasteiger charge is 2.31. The number of halogens is 3. The number of hydrogen-bond acceptors (Lipinski definition) is 2. The fourth-order valence-corrected chi connectivity index (χ4v) is 4.24. The van der Waals surface area contributed by atoms with Crippen LogP contribution in [0, 0.1) is 0 Å². The van der Waals surface area contributed by atoms with Crippen LogP contribution in [0.4, 0.5) is 13.2 Å². The van der Waals surface area contributed by atoms with E-state index in [0.717, 1.165) is 53.6 Å². The molecule has 0 radical (unpaired) electrons. The molecular formula is C23H18F3N3. The number of aromatic nitrogens is 3. The second kappa shape index (κ2) is 6.72. The van der Waals surface area contributed by atoms with E-state index in [1.165, 1.54) is 17.7 Å². The molecule has 0 aliphatic heterocycles. The largest absolute Gasteiger partial charge is 0.416 e. The van der Waals surface area contributed by atoms with Crippen LogP contribution in [0.15, 0.2) is 66.4 Å². The first-order valence-corrected chi connectivity index (χ1v) is 9.66. The Bertz CT molecular complexity index is 1280. The molecule has 0 atom stereocenters. The van der Waals surface area contributed by atoms with Gasteiger partial charge in [-0.2, -0.15) is 13.2 Å². The average molecular weight is 393 g/mol. The van der Waals surface area contributed by atoms with Crippen molar-refractivity contribution in [3.05, 3.63) is 82.7 Å². The molecule has 146 valence electrons. The van der Waals surface area contributed by atoms with Gasteiger partial charge in [0.05, 0.1) is 22.8 Å². The molecular weight excluding hydrogens is 375 g/mol. The molecule has 3 nitrogen and oxygen atoms in total. The summed E-state index contributed by atoms with van der Waals surface area (Å²) in [6, 6.07) is 13.7. The van der Waals surface area contributed by atoms with E-state index in [0.29, 0.717) is 10.9 Å². The van der Waals surface area contributed by atoms with Crippen LogP contribution < -0.4 is 5.22 Å². The molecule has 0 fully saturated rings. The van der Waals surface area contributed by atoms with Crippen molar-refractivity contribution in [2.45, 2.75) is 31.9 Å². The Kier molecular flexibility index (Phi) is 4.15. The van der Waals surface area contributed by atoms with E-state index in [2.05, 4.69) is 16.4 Å². The van der Waals surface area contributed by atoms with Crippen LogP contribution in [-0.2, 0) is 6.18 Å². The number of allylic oxidation sites excluding steroid dienone is 2. The first-order valence-electron chi connectivity index (χ1n) is 9.66. The number of rotatable bonds is 2. The highest BCUT2D eigenvalue weighted by molar-refractivity contribution is 5.95. The van der Waals surface area contributed by atoms with Crippen molar-refractivity contribution in [3.8, 4) is 0 Å². The van der Waals surface area contributed by atoms with Crippen molar-refractivity contribution in [1.82, 2.24) is 14.8 Å². The minimum absolute atomic E-state index is 0.551. The minimum atomic E-state index is -4.40. The van der Waals surface area contributed by atoms with Crippen molar-refractivity contribution in [2.75, 3.05) is 0 Å². The van der Waals surface area contributed by atoms with Crippen LogP contribution in [0.2, 0.25) is 0 Å². The summed E-state index contributed by atoms with van der Waals surface area (Å²) >= 11 is 0. The monoisotopic (exact) mass is 393 g/mol. The Labute approximate surface area is 165 Å². The van der Waals surface area contributed by atoms with Crippen LogP contribution in [0.3, 0.4) is 0 Å². The van der Waals surface area contributed by atoms with Gasteiger partial charge in [-0.25, -0.2) is 4.52 Å². The van der Waals surface area contributed by atoms with Crippen LogP contribution in [-0.4, -0.2) is 14.8 Å². The lowest BCUT2D eigenvalue weighted by atomic mass is 9.87. The first kappa shape index (κ1) is 17.9. The Hall–Kier alpha value is -3.15. The van der Waals surface area contributed by atoms with E-state index in [9.17, 15) is 13.2 Å². The topological polar surface area (TPSA) is 30.2 Å². The molecule has 6 heteroatoms. The average Bonchev–Trinajstić information content (AvgIpc) is 3.31. The van der Waals surface area contributed by atoms with Crippen LogP contribution in [0.25, 0.3) is 22.0 Å². The van der Waals surface area contributed by atoms with E-state index >= 15 is 0 Å². The predicted molar refractivity (Wildman–Crippen MR) is 106 cm³/mol. The van der Waals surface area contributed by atoms with Gasteiger partial charge in [0.15, 0.2) is 0 Å². The number of benzene rings is 2. The lowest BCUT2D eigenvalue weighted by molar-refractivity contribution is -0.137. The van der Waals surface area contributed by atoms with Gasteiger partial charge in [-0.05, 0) is 60.6 Å². The zero-order valence-electron chi connectivity index (χ0n) is 15.6. The summed E-state index contributed by atoms with van der Waals surface area (Å²) in [6.07, 6.45) is 3.54. The number of fused-ring (bicyclic) bond motifs is 3. The zero-order valence-corrected chi connectivity index (χ0v) is 15.6. The molecule has 0 saturated heterocycles. The standard InChI is InChI=1S/C23H18F3N3/c24-23(25,26)17-11-12-19-18(13-17)22(20-14-27-28-29(19)20)21(15-7-3-1-4-8-15)16-9-5-2-6-10-16/h1,3-4,7-9,11-14H,2,5-6,10H2/b22-21+. The van der Waals surface area contributed by atoms with Crippen LogP contribution in [0.1, 0.15) is 36.8 Å². The summed E-state index contributed by atoms with van der Waals surface area (Å²) < 4.78 is 42.0. The van der Waals surface area contributed by atoms with E-state index in [1.54, 1.807) is 10.7 Å².